The Morgan fingerprint density at radius 3 is 2.58 bits per heavy atom. The predicted octanol–water partition coefficient (Wildman–Crippen LogP) is 1.76. The molecule has 0 bridgehead atoms. The molecule has 1 unspecified atom stereocenters. The summed E-state index contributed by atoms with van der Waals surface area (Å²) in [4.78, 5) is 0.115. The Labute approximate surface area is 151 Å². The highest BCUT2D eigenvalue weighted by molar-refractivity contribution is 7.89. The maximum atomic E-state index is 13.1. The number of fused-ring (bicyclic) bond motifs is 1. The number of benzene rings is 2. The Bertz CT molecular complexity index is 1030. The van der Waals surface area contributed by atoms with Gasteiger partial charge >= 0.3 is 0 Å². The highest BCUT2D eigenvalue weighted by Gasteiger charge is 2.37. The summed E-state index contributed by atoms with van der Waals surface area (Å²) in [6.45, 7) is 0. The van der Waals surface area contributed by atoms with Crippen molar-refractivity contribution in [3.63, 3.8) is 0 Å². The summed E-state index contributed by atoms with van der Waals surface area (Å²) >= 11 is 0. The van der Waals surface area contributed by atoms with E-state index >= 15 is 0 Å². The van der Waals surface area contributed by atoms with Gasteiger partial charge in [-0.05, 0) is 36.5 Å². The van der Waals surface area contributed by atoms with Crippen LogP contribution < -0.4 is 4.72 Å². The lowest BCUT2D eigenvalue weighted by atomic mass is 9.75. The van der Waals surface area contributed by atoms with Crippen LogP contribution in [0.3, 0.4) is 0 Å². The number of aliphatic hydroxyl groups excluding tert-OH is 1. The summed E-state index contributed by atoms with van der Waals surface area (Å²) in [6.07, 6.45) is 0.800. The van der Waals surface area contributed by atoms with E-state index < -0.39 is 16.1 Å². The fourth-order valence-corrected chi connectivity index (χ4v) is 4.93. The molecule has 3 aromatic rings. The number of rotatable bonds is 5. The molecule has 1 saturated carbocycles. The highest BCUT2D eigenvalue weighted by atomic mass is 32.2. The number of aryl methyl sites for hydroxylation is 1. The van der Waals surface area contributed by atoms with Gasteiger partial charge in [0.2, 0.25) is 10.0 Å². The standard InChI is InChI=1S/C18H20N4O3S/c1-22-15-8-5-9-16(18(15)19-21-22)26(24,25)20-17(13-10-14(23)11-13)12-6-3-2-4-7-12/h2-9,13-14,17,20,23H,10-11H2,1H3. The average molecular weight is 372 g/mol. The second-order valence-electron chi connectivity index (χ2n) is 6.73. The molecule has 1 aliphatic rings. The predicted molar refractivity (Wildman–Crippen MR) is 96.7 cm³/mol. The first-order valence-electron chi connectivity index (χ1n) is 8.49. The van der Waals surface area contributed by atoms with Crippen LogP contribution in [0.25, 0.3) is 11.0 Å². The van der Waals surface area contributed by atoms with Gasteiger partial charge in [0.05, 0.1) is 11.6 Å². The Hall–Kier alpha value is -2.29. The Morgan fingerprint density at radius 1 is 1.15 bits per heavy atom. The first-order chi connectivity index (χ1) is 12.5. The summed E-state index contributed by atoms with van der Waals surface area (Å²) in [5, 5.41) is 17.6. The topological polar surface area (TPSA) is 97.1 Å². The summed E-state index contributed by atoms with van der Waals surface area (Å²) in [5.74, 6) is 0.0586. The van der Waals surface area contributed by atoms with Gasteiger partial charge in [0.1, 0.15) is 10.4 Å². The molecule has 0 saturated heterocycles. The van der Waals surface area contributed by atoms with Gasteiger partial charge in [0.25, 0.3) is 0 Å². The molecule has 1 aromatic heterocycles. The third-order valence-corrected chi connectivity index (χ3v) is 6.43. The summed E-state index contributed by atoms with van der Waals surface area (Å²) in [6, 6.07) is 14.1. The number of nitrogens with one attached hydrogen (secondary N) is 1. The Morgan fingerprint density at radius 2 is 1.88 bits per heavy atom. The molecule has 1 aliphatic carbocycles. The number of aliphatic hydroxyl groups is 1. The van der Waals surface area contributed by atoms with E-state index in [1.54, 1.807) is 23.9 Å². The van der Waals surface area contributed by atoms with E-state index in [0.29, 0.717) is 23.9 Å². The van der Waals surface area contributed by atoms with E-state index in [2.05, 4.69) is 15.0 Å². The molecule has 2 aromatic carbocycles. The van der Waals surface area contributed by atoms with Crippen molar-refractivity contribution in [3.05, 3.63) is 54.1 Å². The van der Waals surface area contributed by atoms with Gasteiger partial charge in [-0.1, -0.05) is 41.6 Å². The summed E-state index contributed by atoms with van der Waals surface area (Å²) in [7, 11) is -2.08. The second-order valence-corrected chi connectivity index (χ2v) is 8.41. The van der Waals surface area contributed by atoms with Gasteiger partial charge in [-0.15, -0.1) is 5.10 Å². The first kappa shape index (κ1) is 17.1. The van der Waals surface area contributed by atoms with Crippen LogP contribution in [0.5, 0.6) is 0 Å². The van der Waals surface area contributed by atoms with Crippen LogP contribution in [-0.2, 0) is 17.1 Å². The van der Waals surface area contributed by atoms with Crippen LogP contribution in [0.15, 0.2) is 53.4 Å². The lowest BCUT2D eigenvalue weighted by Gasteiger charge is -2.38. The van der Waals surface area contributed by atoms with Crippen LogP contribution in [0, 0.1) is 5.92 Å². The molecule has 7 nitrogen and oxygen atoms in total. The maximum Gasteiger partial charge on any atom is 0.243 e. The number of hydrogen-bond donors (Lipinski definition) is 2. The third kappa shape index (κ3) is 3.00. The van der Waals surface area contributed by atoms with Crippen molar-refractivity contribution in [2.24, 2.45) is 13.0 Å². The molecule has 2 N–H and O–H groups in total. The van der Waals surface area contributed by atoms with Crippen molar-refractivity contribution in [1.29, 1.82) is 0 Å². The molecule has 1 fully saturated rings. The van der Waals surface area contributed by atoms with Crippen molar-refractivity contribution in [1.82, 2.24) is 19.7 Å². The number of hydrogen-bond acceptors (Lipinski definition) is 5. The summed E-state index contributed by atoms with van der Waals surface area (Å²) in [5.41, 5.74) is 1.89. The van der Waals surface area contributed by atoms with Gasteiger partial charge in [-0.3, -0.25) is 0 Å². The Balaban J connectivity index is 1.72. The zero-order valence-corrected chi connectivity index (χ0v) is 15.1. The maximum absolute atomic E-state index is 13.1. The smallest absolute Gasteiger partial charge is 0.243 e. The van der Waals surface area contributed by atoms with Gasteiger partial charge < -0.3 is 5.11 Å². The molecular formula is C18H20N4O3S. The molecule has 0 aliphatic heterocycles. The minimum Gasteiger partial charge on any atom is -0.393 e. The zero-order chi connectivity index (χ0) is 18.3. The van der Waals surface area contributed by atoms with Crippen LogP contribution >= 0.6 is 0 Å². The Kier molecular flexibility index (Phi) is 4.26. The van der Waals surface area contributed by atoms with Crippen molar-refractivity contribution in [3.8, 4) is 0 Å². The quantitative estimate of drug-likeness (QED) is 0.711. The normalized spacial score (nSPS) is 21.5. The van der Waals surface area contributed by atoms with Crippen molar-refractivity contribution in [2.75, 3.05) is 0 Å². The molecule has 1 atom stereocenters. The minimum absolute atomic E-state index is 0.0586. The van der Waals surface area contributed by atoms with E-state index in [0.717, 1.165) is 5.56 Å². The number of sulfonamides is 1. The van der Waals surface area contributed by atoms with Crippen LogP contribution in [-0.4, -0.2) is 34.6 Å². The lowest BCUT2D eigenvalue weighted by molar-refractivity contribution is 0.0280. The average Bonchev–Trinajstić information content (AvgIpc) is 2.99. The van der Waals surface area contributed by atoms with Crippen LogP contribution in [0.2, 0.25) is 0 Å². The van der Waals surface area contributed by atoms with Gasteiger partial charge in [-0.2, -0.15) is 0 Å². The van der Waals surface area contributed by atoms with Crippen molar-refractivity contribution < 1.29 is 13.5 Å². The van der Waals surface area contributed by atoms with E-state index in [-0.39, 0.29) is 16.9 Å². The molecular weight excluding hydrogens is 352 g/mol. The molecule has 4 rings (SSSR count). The second kappa shape index (κ2) is 6.46. The van der Waals surface area contributed by atoms with Crippen molar-refractivity contribution in [2.45, 2.75) is 29.9 Å². The van der Waals surface area contributed by atoms with Crippen LogP contribution in [0.4, 0.5) is 0 Å². The van der Waals surface area contributed by atoms with E-state index in [9.17, 15) is 13.5 Å². The SMILES string of the molecule is Cn1nnc2c(S(=O)(=O)NC(c3ccccc3)C3CC(O)C3)cccc21. The number of aromatic nitrogens is 3. The molecule has 1 heterocycles. The molecule has 8 heteroatoms. The van der Waals surface area contributed by atoms with E-state index in [1.807, 2.05) is 30.3 Å². The van der Waals surface area contributed by atoms with Crippen molar-refractivity contribution >= 4 is 21.1 Å². The van der Waals surface area contributed by atoms with Crippen LogP contribution in [0.1, 0.15) is 24.4 Å². The lowest BCUT2D eigenvalue weighted by Crippen LogP contribution is -2.41. The van der Waals surface area contributed by atoms with Gasteiger partial charge in [-0.25, -0.2) is 17.8 Å². The van der Waals surface area contributed by atoms with Gasteiger partial charge in [0.15, 0.2) is 0 Å². The molecule has 0 amide bonds. The molecule has 0 spiro atoms. The zero-order valence-electron chi connectivity index (χ0n) is 14.3. The highest BCUT2D eigenvalue weighted by Crippen LogP contribution is 2.39. The van der Waals surface area contributed by atoms with E-state index in [4.69, 9.17) is 0 Å². The van der Waals surface area contributed by atoms with Gasteiger partial charge in [0, 0.05) is 13.1 Å². The molecule has 0 radical (unpaired) electrons. The fourth-order valence-electron chi connectivity index (χ4n) is 3.48. The molecule has 26 heavy (non-hydrogen) atoms. The minimum atomic E-state index is -3.81. The summed E-state index contributed by atoms with van der Waals surface area (Å²) < 4.78 is 30.6. The van der Waals surface area contributed by atoms with E-state index in [1.165, 1.54) is 6.07 Å². The third-order valence-electron chi connectivity index (χ3n) is 4.96. The molecule has 136 valence electrons. The largest absolute Gasteiger partial charge is 0.393 e. The first-order valence-corrected chi connectivity index (χ1v) is 9.98. The monoisotopic (exact) mass is 372 g/mol. The fraction of sp³-hybridized carbons (Fsp3) is 0.333. The number of nitrogens with zero attached hydrogens (tertiary/aromatic N) is 3.